The van der Waals surface area contributed by atoms with Gasteiger partial charge in [0, 0.05) is 30.3 Å². The van der Waals surface area contributed by atoms with Gasteiger partial charge in [0.2, 0.25) is 5.28 Å². The fourth-order valence-electron chi connectivity index (χ4n) is 2.40. The number of fused-ring (bicyclic) bond motifs is 1. The summed E-state index contributed by atoms with van der Waals surface area (Å²) in [6.45, 7) is 2.01. The number of benzene rings is 2. The summed E-state index contributed by atoms with van der Waals surface area (Å²) in [5.74, 6) is 0.598. The first-order chi connectivity index (χ1) is 11.0. The van der Waals surface area contributed by atoms with Crippen molar-refractivity contribution in [3.63, 3.8) is 0 Å². The van der Waals surface area contributed by atoms with Crippen LogP contribution in [0.2, 0.25) is 5.28 Å². The van der Waals surface area contributed by atoms with E-state index in [0.717, 1.165) is 11.3 Å². The second kappa shape index (κ2) is 5.81. The Labute approximate surface area is 137 Å². The highest BCUT2D eigenvalue weighted by molar-refractivity contribution is 6.28. The molecule has 0 aliphatic heterocycles. The summed E-state index contributed by atoms with van der Waals surface area (Å²) in [6, 6.07) is 12.4. The summed E-state index contributed by atoms with van der Waals surface area (Å²) in [6.07, 6.45) is 0. The molecule has 2 aromatic carbocycles. The second-order valence-electron chi connectivity index (χ2n) is 5.17. The van der Waals surface area contributed by atoms with E-state index >= 15 is 0 Å². The highest BCUT2D eigenvalue weighted by Gasteiger charge is 2.15. The largest absolute Gasteiger partial charge is 0.329 e. The molecule has 1 heterocycles. The molecule has 0 N–H and O–H groups in total. The van der Waals surface area contributed by atoms with Gasteiger partial charge in [-0.15, -0.1) is 0 Å². The van der Waals surface area contributed by atoms with Crippen molar-refractivity contribution >= 4 is 39.7 Å². The van der Waals surface area contributed by atoms with Gasteiger partial charge < -0.3 is 4.90 Å². The Morgan fingerprint density at radius 3 is 2.65 bits per heavy atom. The maximum absolute atomic E-state index is 10.9. The number of rotatable bonds is 3. The number of aromatic nitrogens is 2. The van der Waals surface area contributed by atoms with Crippen LogP contribution in [0.1, 0.15) is 5.56 Å². The lowest BCUT2D eigenvalue weighted by Crippen LogP contribution is -2.12. The molecule has 0 aliphatic carbocycles. The maximum atomic E-state index is 10.9. The molecule has 0 fully saturated rings. The first-order valence-electron chi connectivity index (χ1n) is 6.88. The predicted molar refractivity (Wildman–Crippen MR) is 90.4 cm³/mol. The zero-order chi connectivity index (χ0) is 16.6. The standard InChI is InChI=1S/C16H13ClN4O2/c1-10-4-3-5-11(8-10)20(2)15-13-7-6-12(21(22)23)9-14(13)18-16(17)19-15/h3-9H,1-2H3. The van der Waals surface area contributed by atoms with Crippen LogP contribution in [-0.2, 0) is 0 Å². The Kier molecular flexibility index (Phi) is 3.83. The number of non-ortho nitro benzene ring substituents is 1. The molecule has 0 aliphatic rings. The van der Waals surface area contributed by atoms with E-state index < -0.39 is 4.92 Å². The third-order valence-corrected chi connectivity index (χ3v) is 3.72. The van der Waals surface area contributed by atoms with Gasteiger partial charge in [-0.3, -0.25) is 10.1 Å². The number of halogens is 1. The van der Waals surface area contributed by atoms with Crippen LogP contribution < -0.4 is 4.90 Å². The van der Waals surface area contributed by atoms with Crippen LogP contribution in [0.5, 0.6) is 0 Å². The van der Waals surface area contributed by atoms with Crippen molar-refractivity contribution in [3.8, 4) is 0 Å². The molecule has 3 aromatic rings. The predicted octanol–water partition coefficient (Wildman–Crippen LogP) is 4.27. The smallest absolute Gasteiger partial charge is 0.271 e. The fraction of sp³-hybridized carbons (Fsp3) is 0.125. The topological polar surface area (TPSA) is 72.2 Å². The van der Waals surface area contributed by atoms with E-state index in [1.165, 1.54) is 12.1 Å². The molecule has 0 amide bonds. The minimum absolute atomic E-state index is 0.0311. The number of hydrogen-bond donors (Lipinski definition) is 0. The van der Waals surface area contributed by atoms with Gasteiger partial charge in [0.05, 0.1) is 10.4 Å². The number of anilines is 2. The van der Waals surface area contributed by atoms with E-state index in [-0.39, 0.29) is 11.0 Å². The van der Waals surface area contributed by atoms with Gasteiger partial charge in [-0.1, -0.05) is 12.1 Å². The lowest BCUT2D eigenvalue weighted by molar-refractivity contribution is -0.384. The maximum Gasteiger partial charge on any atom is 0.271 e. The molecule has 0 radical (unpaired) electrons. The SMILES string of the molecule is Cc1cccc(N(C)c2nc(Cl)nc3cc([N+](=O)[O-])ccc23)c1. The molecule has 116 valence electrons. The van der Waals surface area contributed by atoms with Crippen LogP contribution in [-0.4, -0.2) is 21.9 Å². The van der Waals surface area contributed by atoms with Crippen molar-refractivity contribution in [1.82, 2.24) is 9.97 Å². The van der Waals surface area contributed by atoms with E-state index in [9.17, 15) is 10.1 Å². The summed E-state index contributed by atoms with van der Waals surface area (Å²) < 4.78 is 0. The lowest BCUT2D eigenvalue weighted by Gasteiger charge is -2.20. The van der Waals surface area contributed by atoms with E-state index in [0.29, 0.717) is 16.7 Å². The molecule has 7 heteroatoms. The average Bonchev–Trinajstić information content (AvgIpc) is 2.52. The second-order valence-corrected chi connectivity index (χ2v) is 5.51. The van der Waals surface area contributed by atoms with Crippen LogP contribution in [0.25, 0.3) is 10.9 Å². The number of nitro benzene ring substituents is 1. The lowest BCUT2D eigenvalue weighted by atomic mass is 10.2. The van der Waals surface area contributed by atoms with Gasteiger partial charge in [0.25, 0.3) is 5.69 Å². The Morgan fingerprint density at radius 1 is 1.17 bits per heavy atom. The van der Waals surface area contributed by atoms with Crippen LogP contribution in [0, 0.1) is 17.0 Å². The number of nitro groups is 1. The van der Waals surface area contributed by atoms with E-state index in [1.807, 2.05) is 43.1 Å². The zero-order valence-electron chi connectivity index (χ0n) is 12.5. The molecule has 1 aromatic heterocycles. The third-order valence-electron chi connectivity index (χ3n) is 3.55. The summed E-state index contributed by atoms with van der Waals surface area (Å²) in [4.78, 5) is 20.7. The number of nitrogens with zero attached hydrogens (tertiary/aromatic N) is 4. The minimum Gasteiger partial charge on any atom is -0.329 e. The van der Waals surface area contributed by atoms with Crippen LogP contribution in [0.3, 0.4) is 0 Å². The normalized spacial score (nSPS) is 10.7. The summed E-state index contributed by atoms with van der Waals surface area (Å²) >= 11 is 6.00. The summed E-state index contributed by atoms with van der Waals surface area (Å²) in [5.41, 5.74) is 2.47. The molecule has 23 heavy (non-hydrogen) atoms. The quantitative estimate of drug-likeness (QED) is 0.408. The minimum atomic E-state index is -0.459. The molecule has 3 rings (SSSR count). The van der Waals surface area contributed by atoms with Gasteiger partial charge in [-0.2, -0.15) is 4.98 Å². The van der Waals surface area contributed by atoms with Crippen molar-refractivity contribution < 1.29 is 4.92 Å². The zero-order valence-corrected chi connectivity index (χ0v) is 13.3. The number of hydrogen-bond acceptors (Lipinski definition) is 5. The highest BCUT2D eigenvalue weighted by Crippen LogP contribution is 2.31. The third kappa shape index (κ3) is 2.93. The molecule has 6 nitrogen and oxygen atoms in total. The van der Waals surface area contributed by atoms with Crippen molar-refractivity contribution in [2.24, 2.45) is 0 Å². The summed E-state index contributed by atoms with van der Waals surface area (Å²) in [7, 11) is 1.87. The van der Waals surface area contributed by atoms with Crippen molar-refractivity contribution in [2.45, 2.75) is 6.92 Å². The Morgan fingerprint density at radius 2 is 1.96 bits per heavy atom. The molecule has 0 saturated heterocycles. The summed E-state index contributed by atoms with van der Waals surface area (Å²) in [5, 5.41) is 11.7. The van der Waals surface area contributed by atoms with E-state index in [4.69, 9.17) is 11.6 Å². The molecule has 0 saturated carbocycles. The first-order valence-corrected chi connectivity index (χ1v) is 7.25. The van der Waals surface area contributed by atoms with Gasteiger partial charge in [0.1, 0.15) is 5.82 Å². The Balaban J connectivity index is 2.18. The van der Waals surface area contributed by atoms with Crippen LogP contribution >= 0.6 is 11.6 Å². The fourth-order valence-corrected chi connectivity index (χ4v) is 2.57. The molecule has 0 spiro atoms. The van der Waals surface area contributed by atoms with Crippen LogP contribution in [0.4, 0.5) is 17.2 Å². The van der Waals surface area contributed by atoms with Gasteiger partial charge >= 0.3 is 0 Å². The monoisotopic (exact) mass is 328 g/mol. The van der Waals surface area contributed by atoms with Crippen LogP contribution in [0.15, 0.2) is 42.5 Å². The Hall–Kier alpha value is -2.73. The highest BCUT2D eigenvalue weighted by atomic mass is 35.5. The van der Waals surface area contributed by atoms with Gasteiger partial charge in [-0.25, -0.2) is 4.98 Å². The van der Waals surface area contributed by atoms with Crippen molar-refractivity contribution in [1.29, 1.82) is 0 Å². The molecular formula is C16H13ClN4O2. The van der Waals surface area contributed by atoms with E-state index in [1.54, 1.807) is 6.07 Å². The molecule has 0 bridgehead atoms. The van der Waals surface area contributed by atoms with Crippen molar-refractivity contribution in [2.75, 3.05) is 11.9 Å². The molecule has 0 atom stereocenters. The van der Waals surface area contributed by atoms with Gasteiger partial charge in [-0.05, 0) is 42.3 Å². The van der Waals surface area contributed by atoms with Gasteiger partial charge in [0.15, 0.2) is 0 Å². The van der Waals surface area contributed by atoms with Crippen molar-refractivity contribution in [3.05, 3.63) is 63.4 Å². The molecular weight excluding hydrogens is 316 g/mol. The molecule has 0 unspecified atom stereocenters. The van der Waals surface area contributed by atoms with E-state index in [2.05, 4.69) is 9.97 Å². The first kappa shape index (κ1) is 15.2. The number of aryl methyl sites for hydroxylation is 1. The Bertz CT molecular complexity index is 914. The average molecular weight is 329 g/mol.